The third-order valence-corrected chi connectivity index (χ3v) is 4.13. The van der Waals surface area contributed by atoms with E-state index in [9.17, 15) is 0 Å². The fourth-order valence-corrected chi connectivity index (χ4v) is 2.74. The number of nitrogens with zero attached hydrogens (tertiary/aromatic N) is 4. The van der Waals surface area contributed by atoms with Gasteiger partial charge in [-0.05, 0) is 32.0 Å². The fraction of sp³-hybridized carbons (Fsp3) is 0.600. The van der Waals surface area contributed by atoms with Gasteiger partial charge in [0.15, 0.2) is 0 Å². The molecular weight excluding hydrogens is 252 g/mol. The van der Waals surface area contributed by atoms with Crippen LogP contribution in [0.3, 0.4) is 0 Å². The molecule has 0 saturated carbocycles. The van der Waals surface area contributed by atoms with E-state index < -0.39 is 0 Å². The Morgan fingerprint density at radius 3 is 3.00 bits per heavy atom. The minimum absolute atomic E-state index is 0.477. The number of rotatable bonds is 4. The molecule has 0 spiro atoms. The zero-order chi connectivity index (χ0) is 13.9. The van der Waals surface area contributed by atoms with Crippen LogP contribution in [0, 0.1) is 6.92 Å². The maximum Gasteiger partial charge on any atom is 0.134 e. The molecule has 0 aromatic carbocycles. The second-order valence-corrected chi connectivity index (χ2v) is 5.67. The van der Waals surface area contributed by atoms with Crippen LogP contribution in [0.4, 0.5) is 0 Å². The summed E-state index contributed by atoms with van der Waals surface area (Å²) in [6, 6.07) is 4.15. The number of aryl methyl sites for hydroxylation is 1. The molecule has 0 saturated heterocycles. The van der Waals surface area contributed by atoms with E-state index >= 15 is 0 Å². The Hall–Kier alpha value is -1.62. The highest BCUT2D eigenvalue weighted by molar-refractivity contribution is 5.09. The van der Waals surface area contributed by atoms with Crippen molar-refractivity contribution in [3.05, 3.63) is 35.8 Å². The van der Waals surface area contributed by atoms with Crippen LogP contribution in [0.5, 0.6) is 0 Å². The molecule has 1 aliphatic heterocycles. The summed E-state index contributed by atoms with van der Waals surface area (Å²) in [4.78, 5) is 2.51. The molecule has 0 aliphatic carbocycles. The summed E-state index contributed by atoms with van der Waals surface area (Å²) in [6.45, 7) is 8.50. The number of furan rings is 1. The first kappa shape index (κ1) is 13.4. The van der Waals surface area contributed by atoms with Gasteiger partial charge in [-0.2, -0.15) is 0 Å². The smallest absolute Gasteiger partial charge is 0.134 e. The summed E-state index contributed by atoms with van der Waals surface area (Å²) in [5.41, 5.74) is 0. The Morgan fingerprint density at radius 2 is 2.20 bits per heavy atom. The Labute approximate surface area is 119 Å². The monoisotopic (exact) mass is 274 g/mol. The van der Waals surface area contributed by atoms with E-state index in [1.165, 1.54) is 0 Å². The van der Waals surface area contributed by atoms with Crippen LogP contribution in [0.2, 0.25) is 0 Å². The Bertz CT molecular complexity index is 537. The SMILES string of the molecule is Cc1ccc([C@@H](C)CCN2CCc3nncn3CC2)o1. The van der Waals surface area contributed by atoms with E-state index in [4.69, 9.17) is 4.42 Å². The second kappa shape index (κ2) is 5.79. The molecule has 1 atom stereocenters. The lowest BCUT2D eigenvalue weighted by molar-refractivity contribution is 0.264. The predicted molar refractivity (Wildman–Crippen MR) is 76.6 cm³/mol. The topological polar surface area (TPSA) is 47.1 Å². The van der Waals surface area contributed by atoms with Crippen LogP contribution < -0.4 is 0 Å². The van der Waals surface area contributed by atoms with Crippen molar-refractivity contribution in [2.45, 2.75) is 39.2 Å². The van der Waals surface area contributed by atoms with E-state index in [0.29, 0.717) is 5.92 Å². The average Bonchev–Trinajstić information content (AvgIpc) is 3.03. The standard InChI is InChI=1S/C15H22N4O/c1-12(14-4-3-13(2)20-14)5-7-18-8-6-15-17-16-11-19(15)10-9-18/h3-4,11-12H,5-10H2,1-2H3/t12-/m0/s1. The molecule has 2 aromatic heterocycles. The van der Waals surface area contributed by atoms with Crippen molar-refractivity contribution >= 4 is 0 Å². The van der Waals surface area contributed by atoms with Gasteiger partial charge in [0.25, 0.3) is 0 Å². The highest BCUT2D eigenvalue weighted by Gasteiger charge is 2.16. The van der Waals surface area contributed by atoms with Crippen molar-refractivity contribution < 1.29 is 4.42 Å². The summed E-state index contributed by atoms with van der Waals surface area (Å²) >= 11 is 0. The van der Waals surface area contributed by atoms with Crippen molar-refractivity contribution in [3.8, 4) is 0 Å². The lowest BCUT2D eigenvalue weighted by atomic mass is 10.0. The molecule has 0 amide bonds. The minimum atomic E-state index is 0.477. The Morgan fingerprint density at radius 1 is 1.30 bits per heavy atom. The molecule has 0 bridgehead atoms. The molecule has 0 fully saturated rings. The van der Waals surface area contributed by atoms with Gasteiger partial charge in [-0.1, -0.05) is 6.92 Å². The van der Waals surface area contributed by atoms with Crippen molar-refractivity contribution in [1.29, 1.82) is 0 Å². The lowest BCUT2D eigenvalue weighted by Crippen LogP contribution is -2.28. The van der Waals surface area contributed by atoms with E-state index in [0.717, 1.165) is 56.4 Å². The first-order valence-electron chi connectivity index (χ1n) is 7.38. The van der Waals surface area contributed by atoms with Crippen LogP contribution in [-0.2, 0) is 13.0 Å². The van der Waals surface area contributed by atoms with E-state index in [1.807, 2.05) is 19.3 Å². The van der Waals surface area contributed by atoms with Gasteiger partial charge >= 0.3 is 0 Å². The predicted octanol–water partition coefficient (Wildman–Crippen LogP) is 2.23. The van der Waals surface area contributed by atoms with Crippen molar-refractivity contribution in [3.63, 3.8) is 0 Å². The van der Waals surface area contributed by atoms with Crippen molar-refractivity contribution in [1.82, 2.24) is 19.7 Å². The highest BCUT2D eigenvalue weighted by atomic mass is 16.3. The van der Waals surface area contributed by atoms with Gasteiger partial charge in [0.1, 0.15) is 23.7 Å². The van der Waals surface area contributed by atoms with Crippen LogP contribution >= 0.6 is 0 Å². The zero-order valence-corrected chi connectivity index (χ0v) is 12.2. The lowest BCUT2D eigenvalue weighted by Gasteiger charge is -2.21. The first-order valence-corrected chi connectivity index (χ1v) is 7.38. The summed E-state index contributed by atoms with van der Waals surface area (Å²) in [5, 5.41) is 8.14. The summed E-state index contributed by atoms with van der Waals surface area (Å²) in [7, 11) is 0. The molecule has 1 aliphatic rings. The number of aromatic nitrogens is 3. The highest BCUT2D eigenvalue weighted by Crippen LogP contribution is 2.21. The van der Waals surface area contributed by atoms with Gasteiger partial charge < -0.3 is 13.9 Å². The summed E-state index contributed by atoms with van der Waals surface area (Å²) in [6.07, 6.45) is 3.97. The molecule has 5 heteroatoms. The van der Waals surface area contributed by atoms with Gasteiger partial charge in [0, 0.05) is 32.0 Å². The minimum Gasteiger partial charge on any atom is -0.466 e. The zero-order valence-electron chi connectivity index (χ0n) is 12.2. The average molecular weight is 274 g/mol. The number of hydrogen-bond donors (Lipinski definition) is 0. The van der Waals surface area contributed by atoms with E-state index in [1.54, 1.807) is 0 Å². The Balaban J connectivity index is 1.51. The molecule has 20 heavy (non-hydrogen) atoms. The first-order chi connectivity index (χ1) is 9.72. The quantitative estimate of drug-likeness (QED) is 0.858. The van der Waals surface area contributed by atoms with Crippen LogP contribution in [0.1, 0.15) is 36.6 Å². The summed E-state index contributed by atoms with van der Waals surface area (Å²) in [5.74, 6) is 3.70. The molecule has 0 unspecified atom stereocenters. The maximum absolute atomic E-state index is 5.71. The van der Waals surface area contributed by atoms with E-state index in [2.05, 4.69) is 32.7 Å². The van der Waals surface area contributed by atoms with Crippen LogP contribution in [0.15, 0.2) is 22.9 Å². The van der Waals surface area contributed by atoms with Crippen LogP contribution in [-0.4, -0.2) is 39.3 Å². The number of hydrogen-bond acceptors (Lipinski definition) is 4. The van der Waals surface area contributed by atoms with Gasteiger partial charge in [0.05, 0.1) is 0 Å². The molecule has 108 valence electrons. The molecule has 3 rings (SSSR count). The molecule has 0 N–H and O–H groups in total. The summed E-state index contributed by atoms with van der Waals surface area (Å²) < 4.78 is 7.87. The van der Waals surface area contributed by atoms with Gasteiger partial charge in [-0.15, -0.1) is 10.2 Å². The largest absolute Gasteiger partial charge is 0.466 e. The fourth-order valence-electron chi connectivity index (χ4n) is 2.74. The van der Waals surface area contributed by atoms with Crippen LogP contribution in [0.25, 0.3) is 0 Å². The third kappa shape index (κ3) is 2.93. The maximum atomic E-state index is 5.71. The molecular formula is C15H22N4O. The van der Waals surface area contributed by atoms with Gasteiger partial charge in [-0.3, -0.25) is 0 Å². The van der Waals surface area contributed by atoms with Gasteiger partial charge in [0.2, 0.25) is 0 Å². The second-order valence-electron chi connectivity index (χ2n) is 5.67. The molecule has 2 aromatic rings. The van der Waals surface area contributed by atoms with Gasteiger partial charge in [-0.25, -0.2) is 0 Å². The van der Waals surface area contributed by atoms with Crippen molar-refractivity contribution in [2.75, 3.05) is 19.6 Å². The normalized spacial score (nSPS) is 17.7. The number of fused-ring (bicyclic) bond motifs is 1. The molecule has 0 radical (unpaired) electrons. The Kier molecular flexibility index (Phi) is 3.87. The molecule has 5 nitrogen and oxygen atoms in total. The van der Waals surface area contributed by atoms with E-state index in [-0.39, 0.29) is 0 Å². The third-order valence-electron chi connectivity index (χ3n) is 4.13. The van der Waals surface area contributed by atoms with Crippen molar-refractivity contribution in [2.24, 2.45) is 0 Å². The molecule has 3 heterocycles.